The molecule has 5 aromatic rings. The maximum atomic E-state index is 6.29. The quantitative estimate of drug-likeness (QED) is 0.329. The van der Waals surface area contributed by atoms with Crippen molar-refractivity contribution in [1.82, 2.24) is 19.9 Å². The van der Waals surface area contributed by atoms with Crippen LogP contribution in [0.15, 0.2) is 103 Å². The van der Waals surface area contributed by atoms with Gasteiger partial charge in [0, 0.05) is 22.9 Å². The smallest absolute Gasteiger partial charge is 0.226 e. The minimum Gasteiger partial charge on any atom is -0.256 e. The highest BCUT2D eigenvalue weighted by molar-refractivity contribution is 6.28. The zero-order valence-corrected chi connectivity index (χ0v) is 17.2. The number of halogens is 1. The Kier molecular flexibility index (Phi) is 5.21. The normalized spacial score (nSPS) is 10.7. The van der Waals surface area contributed by atoms with Crippen molar-refractivity contribution in [3.63, 3.8) is 0 Å². The van der Waals surface area contributed by atoms with Crippen LogP contribution in [-0.2, 0) is 0 Å². The molecule has 4 nitrogen and oxygen atoms in total. The number of hydrogen-bond donors (Lipinski definition) is 0. The van der Waals surface area contributed by atoms with E-state index < -0.39 is 0 Å². The van der Waals surface area contributed by atoms with E-state index in [1.807, 2.05) is 72.8 Å². The molecule has 0 aliphatic heterocycles. The van der Waals surface area contributed by atoms with Crippen LogP contribution in [0.5, 0.6) is 0 Å². The lowest BCUT2D eigenvalue weighted by Crippen LogP contribution is -1.97. The van der Waals surface area contributed by atoms with Crippen molar-refractivity contribution >= 4 is 11.6 Å². The number of nitrogens with zero attached hydrogens (tertiary/aromatic N) is 4. The van der Waals surface area contributed by atoms with Crippen LogP contribution >= 0.6 is 11.6 Å². The number of aromatic nitrogens is 4. The summed E-state index contributed by atoms with van der Waals surface area (Å²) in [6.45, 7) is 0. The van der Waals surface area contributed by atoms with Crippen LogP contribution in [0, 0.1) is 0 Å². The van der Waals surface area contributed by atoms with E-state index in [4.69, 9.17) is 16.6 Å². The van der Waals surface area contributed by atoms with E-state index in [0.717, 1.165) is 33.5 Å². The average molecular weight is 421 g/mol. The molecule has 148 valence electrons. The Morgan fingerprint density at radius 1 is 0.484 bits per heavy atom. The van der Waals surface area contributed by atoms with E-state index in [9.17, 15) is 0 Å². The number of pyridine rings is 1. The zero-order chi connectivity index (χ0) is 21.0. The van der Waals surface area contributed by atoms with Gasteiger partial charge in [0.2, 0.25) is 5.28 Å². The molecule has 0 fully saturated rings. The largest absolute Gasteiger partial charge is 0.256 e. The standard InChI is InChI=1S/C26H17ClN4/c27-26-30-24(21-12-6-10-19(16-21)18-8-2-1-3-9-18)29-25(31-26)22-13-7-11-20(17-22)23-14-4-5-15-28-23/h1-17H. The fourth-order valence-electron chi connectivity index (χ4n) is 3.43. The van der Waals surface area contributed by atoms with E-state index >= 15 is 0 Å². The van der Waals surface area contributed by atoms with Gasteiger partial charge >= 0.3 is 0 Å². The van der Waals surface area contributed by atoms with Crippen LogP contribution in [-0.4, -0.2) is 19.9 Å². The van der Waals surface area contributed by atoms with Gasteiger partial charge in [-0.2, -0.15) is 9.97 Å². The predicted molar refractivity (Wildman–Crippen MR) is 124 cm³/mol. The molecule has 0 bridgehead atoms. The first-order valence-corrected chi connectivity index (χ1v) is 10.2. The number of benzene rings is 3. The van der Waals surface area contributed by atoms with Crippen LogP contribution in [0.1, 0.15) is 0 Å². The highest BCUT2D eigenvalue weighted by atomic mass is 35.5. The lowest BCUT2D eigenvalue weighted by atomic mass is 10.0. The Morgan fingerprint density at radius 2 is 1.06 bits per heavy atom. The fourth-order valence-corrected chi connectivity index (χ4v) is 3.59. The first-order valence-electron chi connectivity index (χ1n) is 9.85. The molecule has 0 unspecified atom stereocenters. The molecule has 2 aromatic heterocycles. The van der Waals surface area contributed by atoms with Gasteiger partial charge in [-0.25, -0.2) is 4.98 Å². The van der Waals surface area contributed by atoms with Crippen LogP contribution in [0.3, 0.4) is 0 Å². The van der Waals surface area contributed by atoms with Crippen LogP contribution in [0.2, 0.25) is 5.28 Å². The summed E-state index contributed by atoms with van der Waals surface area (Å²) in [5.74, 6) is 1.06. The van der Waals surface area contributed by atoms with E-state index in [1.54, 1.807) is 6.20 Å². The minimum absolute atomic E-state index is 0.161. The highest BCUT2D eigenvalue weighted by Crippen LogP contribution is 2.28. The molecule has 0 aliphatic carbocycles. The van der Waals surface area contributed by atoms with E-state index in [-0.39, 0.29) is 5.28 Å². The van der Waals surface area contributed by atoms with Crippen LogP contribution in [0.4, 0.5) is 0 Å². The maximum absolute atomic E-state index is 6.29. The Balaban J connectivity index is 1.56. The molecule has 0 atom stereocenters. The SMILES string of the molecule is Clc1nc(-c2cccc(-c3ccccc3)c2)nc(-c2cccc(-c3ccccn3)c2)n1. The summed E-state index contributed by atoms with van der Waals surface area (Å²) in [5, 5.41) is 0.161. The van der Waals surface area contributed by atoms with Gasteiger partial charge < -0.3 is 0 Å². The Morgan fingerprint density at radius 3 is 1.74 bits per heavy atom. The van der Waals surface area contributed by atoms with Crippen molar-refractivity contribution in [3.05, 3.63) is 109 Å². The summed E-state index contributed by atoms with van der Waals surface area (Å²) < 4.78 is 0. The lowest BCUT2D eigenvalue weighted by Gasteiger charge is -2.08. The first kappa shape index (κ1) is 19.1. The van der Waals surface area contributed by atoms with Gasteiger partial charge in [0.25, 0.3) is 0 Å². The molecule has 0 amide bonds. The van der Waals surface area contributed by atoms with Crippen molar-refractivity contribution in [3.8, 4) is 45.2 Å². The first-order chi connectivity index (χ1) is 15.3. The maximum Gasteiger partial charge on any atom is 0.226 e. The van der Waals surface area contributed by atoms with Crippen molar-refractivity contribution in [2.24, 2.45) is 0 Å². The molecule has 0 radical (unpaired) electrons. The monoisotopic (exact) mass is 420 g/mol. The lowest BCUT2D eigenvalue weighted by molar-refractivity contribution is 1.07. The van der Waals surface area contributed by atoms with Crippen molar-refractivity contribution < 1.29 is 0 Å². The van der Waals surface area contributed by atoms with Gasteiger partial charge in [-0.1, -0.05) is 72.8 Å². The molecular formula is C26H17ClN4. The number of hydrogen-bond acceptors (Lipinski definition) is 4. The predicted octanol–water partition coefficient (Wildman–Crippen LogP) is 6.59. The molecule has 2 heterocycles. The second-order valence-electron chi connectivity index (χ2n) is 6.99. The Bertz CT molecular complexity index is 1240. The molecule has 0 saturated heterocycles. The van der Waals surface area contributed by atoms with Gasteiger partial charge in [-0.3, -0.25) is 4.98 Å². The minimum atomic E-state index is 0.161. The van der Waals surface area contributed by atoms with Gasteiger partial charge in [0.05, 0.1) is 5.69 Å². The summed E-state index contributed by atoms with van der Waals surface area (Å²) >= 11 is 6.29. The molecule has 31 heavy (non-hydrogen) atoms. The molecule has 5 heteroatoms. The van der Waals surface area contributed by atoms with E-state index in [1.165, 1.54) is 0 Å². The third-order valence-electron chi connectivity index (χ3n) is 4.92. The van der Waals surface area contributed by atoms with Gasteiger partial charge in [0.1, 0.15) is 0 Å². The second-order valence-corrected chi connectivity index (χ2v) is 7.33. The van der Waals surface area contributed by atoms with Crippen LogP contribution in [0.25, 0.3) is 45.2 Å². The summed E-state index contributed by atoms with van der Waals surface area (Å²) in [6.07, 6.45) is 1.78. The third kappa shape index (κ3) is 4.20. The van der Waals surface area contributed by atoms with Gasteiger partial charge in [-0.05, 0) is 47.0 Å². The molecule has 0 spiro atoms. The van der Waals surface area contributed by atoms with Crippen molar-refractivity contribution in [2.75, 3.05) is 0 Å². The fraction of sp³-hybridized carbons (Fsp3) is 0. The molecule has 0 N–H and O–H groups in total. The summed E-state index contributed by atoms with van der Waals surface area (Å²) in [4.78, 5) is 17.9. The average Bonchev–Trinajstić information content (AvgIpc) is 2.85. The van der Waals surface area contributed by atoms with E-state index in [0.29, 0.717) is 11.6 Å². The van der Waals surface area contributed by atoms with Crippen molar-refractivity contribution in [2.45, 2.75) is 0 Å². The van der Waals surface area contributed by atoms with E-state index in [2.05, 4.69) is 39.2 Å². The van der Waals surface area contributed by atoms with Crippen LogP contribution < -0.4 is 0 Å². The zero-order valence-electron chi connectivity index (χ0n) is 16.5. The Labute approximate surface area is 185 Å². The number of rotatable bonds is 4. The summed E-state index contributed by atoms with van der Waals surface area (Å²) in [7, 11) is 0. The second kappa shape index (κ2) is 8.46. The molecule has 5 rings (SSSR count). The topological polar surface area (TPSA) is 51.6 Å². The highest BCUT2D eigenvalue weighted by Gasteiger charge is 2.11. The Hall–Kier alpha value is -3.89. The van der Waals surface area contributed by atoms with Crippen molar-refractivity contribution in [1.29, 1.82) is 0 Å². The third-order valence-corrected chi connectivity index (χ3v) is 5.09. The molecule has 3 aromatic carbocycles. The molecule has 0 saturated carbocycles. The molecule has 0 aliphatic rings. The van der Waals surface area contributed by atoms with Gasteiger partial charge in [-0.15, -0.1) is 0 Å². The molecular weight excluding hydrogens is 404 g/mol. The summed E-state index contributed by atoms with van der Waals surface area (Å²) in [5.41, 5.74) is 5.84. The summed E-state index contributed by atoms with van der Waals surface area (Å²) in [6, 6.07) is 32.1. The van der Waals surface area contributed by atoms with Gasteiger partial charge in [0.15, 0.2) is 11.6 Å².